The summed E-state index contributed by atoms with van der Waals surface area (Å²) in [6, 6.07) is 11.5. The highest BCUT2D eigenvalue weighted by atomic mass is 35.5. The largest absolute Gasteiger partial charge is 0.374 e. The van der Waals surface area contributed by atoms with Gasteiger partial charge in [0.2, 0.25) is 5.91 Å². The summed E-state index contributed by atoms with van der Waals surface area (Å²) >= 11 is 6.33. The van der Waals surface area contributed by atoms with Crippen LogP contribution in [0.3, 0.4) is 0 Å². The van der Waals surface area contributed by atoms with Gasteiger partial charge in [0.05, 0.1) is 26.9 Å². The Hall–Kier alpha value is -4.77. The van der Waals surface area contributed by atoms with Gasteiger partial charge in [-0.05, 0) is 138 Å². The number of likely N-dealkylation sites (tertiary alicyclic amines) is 1. The van der Waals surface area contributed by atoms with Gasteiger partial charge in [0.1, 0.15) is 28.6 Å². The number of aryl methyl sites for hydroxylation is 2. The molecule has 64 heavy (non-hydrogen) atoms. The van der Waals surface area contributed by atoms with Gasteiger partial charge in [0, 0.05) is 56.1 Å². The van der Waals surface area contributed by atoms with E-state index in [9.17, 15) is 27.9 Å². The minimum atomic E-state index is -3.52. The van der Waals surface area contributed by atoms with Crippen LogP contribution in [0, 0.1) is 24.1 Å². The topological polar surface area (TPSA) is 164 Å². The molecular formula is C47H56ClFN8O6S. The molecule has 5 aliphatic rings. The zero-order chi connectivity index (χ0) is 44.7. The second-order valence-electron chi connectivity index (χ2n) is 19.2. The first-order chi connectivity index (χ1) is 30.7. The number of pyridine rings is 2. The molecule has 3 aliphatic heterocycles. The number of benzene rings is 2. The van der Waals surface area contributed by atoms with E-state index in [4.69, 9.17) is 11.6 Å². The van der Waals surface area contributed by atoms with Gasteiger partial charge in [0.15, 0.2) is 15.7 Å². The molecule has 2 atom stereocenters. The molecule has 2 aromatic carbocycles. The van der Waals surface area contributed by atoms with Crippen molar-refractivity contribution in [1.82, 2.24) is 28.9 Å². The number of aromatic nitrogens is 4. The molecule has 5 fully saturated rings. The number of imidazole rings is 1. The normalized spacial score (nSPS) is 22.7. The summed E-state index contributed by atoms with van der Waals surface area (Å²) < 4.78 is 48.5. The Morgan fingerprint density at radius 2 is 1.66 bits per heavy atom. The molecule has 0 radical (unpaired) electrons. The molecule has 1 spiro atoms. The lowest BCUT2D eigenvalue weighted by atomic mass is 9.63. The van der Waals surface area contributed by atoms with E-state index < -0.39 is 44.8 Å². The average molecular weight is 916 g/mol. The highest BCUT2D eigenvalue weighted by Crippen LogP contribution is 2.53. The minimum Gasteiger partial charge on any atom is -0.374 e. The first kappa shape index (κ1) is 43.1. The Morgan fingerprint density at radius 3 is 2.36 bits per heavy atom. The van der Waals surface area contributed by atoms with E-state index in [-0.39, 0.29) is 34.0 Å². The molecule has 3 aromatic heterocycles. The number of hydrogen-bond acceptors (Lipinski definition) is 10. The number of halogens is 2. The number of nitrogens with one attached hydrogen (secondary N) is 2. The quantitative estimate of drug-likeness (QED) is 0.145. The Kier molecular flexibility index (Phi) is 11.2. The summed E-state index contributed by atoms with van der Waals surface area (Å²) in [5.74, 6) is 0.119. The van der Waals surface area contributed by atoms with Crippen LogP contribution in [-0.2, 0) is 21.7 Å². The van der Waals surface area contributed by atoms with Gasteiger partial charge >= 0.3 is 5.69 Å². The number of amides is 1. The summed E-state index contributed by atoms with van der Waals surface area (Å²) in [5, 5.41) is 16.3. The molecule has 3 N–H and O–H groups in total. The first-order valence-corrected chi connectivity index (χ1v) is 24.8. The SMILES string of the molecule is Cc1cc(S(=O)(=O)C2CC3(CCN(CC4CCN(c5ccc6c(c5F)n(C)c(=O)n6C5CCC(O)NC5=O)CC4)CC3)C2)ccc1Nc1cc2c(cn1)cc(Cl)c(=O)n2C1CCCC1. The van der Waals surface area contributed by atoms with Crippen LogP contribution in [0.15, 0.2) is 63.1 Å². The third-order valence-electron chi connectivity index (χ3n) is 15.3. The molecular weight excluding hydrogens is 859 g/mol. The van der Waals surface area contributed by atoms with E-state index >= 15 is 4.39 Å². The maximum absolute atomic E-state index is 16.2. The van der Waals surface area contributed by atoms with Gasteiger partial charge in [-0.2, -0.15) is 0 Å². The Morgan fingerprint density at radius 1 is 0.922 bits per heavy atom. The molecule has 2 aliphatic carbocycles. The van der Waals surface area contributed by atoms with Crippen LogP contribution in [0.1, 0.15) is 94.7 Å². The zero-order valence-corrected chi connectivity index (χ0v) is 37.9. The van der Waals surface area contributed by atoms with Gasteiger partial charge in [-0.25, -0.2) is 22.6 Å². The zero-order valence-electron chi connectivity index (χ0n) is 36.4. The number of sulfone groups is 1. The number of carbonyl (C=O) groups excluding carboxylic acids is 1. The predicted octanol–water partition coefficient (Wildman–Crippen LogP) is 6.71. The van der Waals surface area contributed by atoms with Crippen LogP contribution in [-0.4, -0.2) is 87.2 Å². The van der Waals surface area contributed by atoms with Crippen molar-refractivity contribution in [3.05, 3.63) is 85.9 Å². The van der Waals surface area contributed by atoms with E-state index in [0.717, 1.165) is 93.2 Å². The molecule has 10 rings (SSSR count). The number of anilines is 3. The number of hydrogen-bond donors (Lipinski definition) is 3. The van der Waals surface area contributed by atoms with Crippen molar-refractivity contribution in [2.24, 2.45) is 18.4 Å². The number of aliphatic hydroxyl groups excluding tert-OH is 1. The Bertz CT molecular complexity index is 2890. The highest BCUT2D eigenvalue weighted by molar-refractivity contribution is 7.92. The summed E-state index contributed by atoms with van der Waals surface area (Å²) in [5.41, 5.74) is 2.73. The van der Waals surface area contributed by atoms with Crippen LogP contribution < -0.4 is 26.8 Å². The van der Waals surface area contributed by atoms with E-state index in [1.165, 1.54) is 16.2 Å². The van der Waals surface area contributed by atoms with Gasteiger partial charge in [-0.15, -0.1) is 0 Å². The highest BCUT2D eigenvalue weighted by Gasteiger charge is 2.51. The van der Waals surface area contributed by atoms with Crippen molar-refractivity contribution in [3.63, 3.8) is 0 Å². The fraction of sp³-hybridized carbons (Fsp3) is 0.532. The molecule has 17 heteroatoms. The monoisotopic (exact) mass is 914 g/mol. The number of rotatable bonds is 9. The fourth-order valence-electron chi connectivity index (χ4n) is 11.5. The van der Waals surface area contributed by atoms with Gasteiger partial charge in [-0.3, -0.25) is 18.7 Å². The first-order valence-electron chi connectivity index (χ1n) is 22.9. The third kappa shape index (κ3) is 7.61. The third-order valence-corrected chi connectivity index (χ3v) is 17.7. The van der Waals surface area contributed by atoms with Crippen LogP contribution in [0.25, 0.3) is 21.9 Å². The lowest BCUT2D eigenvalue weighted by molar-refractivity contribution is -0.130. The molecule has 2 unspecified atom stereocenters. The lowest BCUT2D eigenvalue weighted by Gasteiger charge is -2.52. The van der Waals surface area contributed by atoms with Crippen molar-refractivity contribution in [3.8, 4) is 0 Å². The molecule has 340 valence electrons. The molecule has 2 saturated carbocycles. The van der Waals surface area contributed by atoms with Crippen molar-refractivity contribution in [2.45, 2.75) is 112 Å². The summed E-state index contributed by atoms with van der Waals surface area (Å²) in [6.45, 7) is 6.12. The maximum Gasteiger partial charge on any atom is 0.329 e. The summed E-state index contributed by atoms with van der Waals surface area (Å²) in [4.78, 5) is 48.6. The van der Waals surface area contributed by atoms with Crippen LogP contribution in [0.2, 0.25) is 5.02 Å². The molecule has 1 amide bonds. The predicted molar refractivity (Wildman–Crippen MR) is 246 cm³/mol. The number of piperidine rings is 3. The number of nitrogens with zero attached hydrogens (tertiary/aromatic N) is 6. The number of aliphatic hydroxyl groups is 1. The van der Waals surface area contributed by atoms with Crippen molar-refractivity contribution >= 4 is 66.5 Å². The molecule has 14 nitrogen and oxygen atoms in total. The van der Waals surface area contributed by atoms with Crippen LogP contribution >= 0.6 is 11.6 Å². The van der Waals surface area contributed by atoms with Gasteiger partial charge in [-0.1, -0.05) is 24.4 Å². The van der Waals surface area contributed by atoms with Gasteiger partial charge in [0.25, 0.3) is 5.56 Å². The Balaban J connectivity index is 0.725. The second-order valence-corrected chi connectivity index (χ2v) is 21.9. The smallest absolute Gasteiger partial charge is 0.329 e. The molecule has 5 aromatic rings. The Labute approximate surface area is 376 Å². The summed E-state index contributed by atoms with van der Waals surface area (Å²) in [6.07, 6.45) is 10.5. The van der Waals surface area contributed by atoms with E-state index in [2.05, 4.69) is 25.4 Å². The number of carbonyl (C=O) groups is 1. The van der Waals surface area contributed by atoms with Gasteiger partial charge < -0.3 is 30.1 Å². The second kappa shape index (κ2) is 16.6. The minimum absolute atomic E-state index is 0.0523. The van der Waals surface area contributed by atoms with E-state index in [1.54, 1.807) is 36.5 Å². The van der Waals surface area contributed by atoms with E-state index in [1.807, 2.05) is 23.6 Å². The average Bonchev–Trinajstić information content (AvgIpc) is 3.88. The van der Waals surface area contributed by atoms with E-state index in [0.29, 0.717) is 60.2 Å². The van der Waals surface area contributed by atoms with Crippen molar-refractivity contribution in [2.75, 3.05) is 42.9 Å². The van der Waals surface area contributed by atoms with Crippen LogP contribution in [0.5, 0.6) is 0 Å². The molecule has 0 bridgehead atoms. The van der Waals surface area contributed by atoms with Crippen molar-refractivity contribution in [1.29, 1.82) is 0 Å². The fourth-order valence-corrected chi connectivity index (χ4v) is 13.9. The standard InChI is InChI=1S/C47H56ClFN8O6S/c1-28-21-32(7-8-35(28)51-40-23-39-30(26-50-40)22-34(48)45(60)56(39)31-5-3-4-6-31)64(62,63)33-24-47(25-33)15-19-54(20-16-47)27-29-13-17-55(18-14-29)36-9-10-37-43(42(36)49)53(2)46(61)57(37)38-11-12-41(58)52-44(38)59/h7-10,21-23,26,29,31,33,38,41,58H,3-6,11-20,24-25,27H2,1-2H3,(H,50,51)(H,52,59). The van der Waals surface area contributed by atoms with Crippen LogP contribution in [0.4, 0.5) is 21.6 Å². The number of fused-ring (bicyclic) bond motifs is 2. The summed E-state index contributed by atoms with van der Waals surface area (Å²) in [7, 11) is -1.99. The molecule has 6 heterocycles. The maximum atomic E-state index is 16.2. The lowest BCUT2D eigenvalue weighted by Crippen LogP contribution is -2.52. The van der Waals surface area contributed by atoms with Crippen molar-refractivity contribution < 1.29 is 22.7 Å². The molecule has 3 saturated heterocycles.